The number of rotatable bonds is 3. The first-order valence-corrected chi connectivity index (χ1v) is 7.45. The Labute approximate surface area is 139 Å². The van der Waals surface area contributed by atoms with Gasteiger partial charge in [-0.1, -0.05) is 37.6 Å². The van der Waals surface area contributed by atoms with Gasteiger partial charge in [0.25, 0.3) is 0 Å². The largest absolute Gasteiger partial charge is 0.506 e. The van der Waals surface area contributed by atoms with Gasteiger partial charge in [-0.25, -0.2) is 0 Å². The molecule has 0 aliphatic rings. The van der Waals surface area contributed by atoms with E-state index in [1.165, 1.54) is 18.2 Å². The summed E-state index contributed by atoms with van der Waals surface area (Å²) >= 11 is 5.79. The number of aromatic hydroxyl groups is 1. The van der Waals surface area contributed by atoms with Crippen molar-refractivity contribution in [3.05, 3.63) is 53.1 Å². The summed E-state index contributed by atoms with van der Waals surface area (Å²) in [6.45, 7) is 4.14. The second-order valence-corrected chi connectivity index (χ2v) is 5.78. The monoisotopic (exact) mass is 332 g/mol. The van der Waals surface area contributed by atoms with E-state index in [4.69, 9.17) is 11.6 Å². The third kappa shape index (κ3) is 4.47. The van der Waals surface area contributed by atoms with Crippen LogP contribution in [-0.4, -0.2) is 16.9 Å². The van der Waals surface area contributed by atoms with Gasteiger partial charge in [0.15, 0.2) is 0 Å². The highest BCUT2D eigenvalue weighted by Crippen LogP contribution is 2.26. The van der Waals surface area contributed by atoms with E-state index in [1.54, 1.807) is 12.1 Å². The molecule has 0 aliphatic carbocycles. The Balaban J connectivity index is 2.02. The lowest BCUT2D eigenvalue weighted by molar-refractivity contribution is -0.133. The van der Waals surface area contributed by atoms with Crippen LogP contribution in [0.5, 0.6) is 5.75 Å². The molecule has 0 atom stereocenters. The van der Waals surface area contributed by atoms with Crippen molar-refractivity contribution < 1.29 is 14.7 Å². The van der Waals surface area contributed by atoms with Crippen LogP contribution < -0.4 is 10.6 Å². The van der Waals surface area contributed by atoms with Gasteiger partial charge in [0.2, 0.25) is 0 Å². The molecular formula is C17H17ClN2O3. The number of amides is 2. The van der Waals surface area contributed by atoms with Gasteiger partial charge in [-0.2, -0.15) is 0 Å². The minimum atomic E-state index is -0.893. The van der Waals surface area contributed by atoms with Crippen molar-refractivity contribution in [3.8, 4) is 5.75 Å². The Hall–Kier alpha value is -2.53. The fraction of sp³-hybridized carbons (Fsp3) is 0.176. The number of benzene rings is 2. The number of hydrogen-bond donors (Lipinski definition) is 3. The van der Waals surface area contributed by atoms with E-state index in [0.717, 1.165) is 5.56 Å². The van der Waals surface area contributed by atoms with E-state index in [1.807, 2.05) is 12.1 Å². The van der Waals surface area contributed by atoms with Crippen LogP contribution in [0.3, 0.4) is 0 Å². The fourth-order valence-corrected chi connectivity index (χ4v) is 2.10. The Morgan fingerprint density at radius 3 is 2.22 bits per heavy atom. The predicted molar refractivity (Wildman–Crippen MR) is 90.9 cm³/mol. The Kier molecular flexibility index (Phi) is 5.24. The normalized spacial score (nSPS) is 10.4. The maximum Gasteiger partial charge on any atom is 0.314 e. The van der Waals surface area contributed by atoms with Crippen LogP contribution in [0.2, 0.25) is 5.02 Å². The van der Waals surface area contributed by atoms with E-state index >= 15 is 0 Å². The number of anilines is 2. The van der Waals surface area contributed by atoms with E-state index in [0.29, 0.717) is 16.6 Å². The van der Waals surface area contributed by atoms with Gasteiger partial charge < -0.3 is 15.7 Å². The first-order valence-electron chi connectivity index (χ1n) is 7.07. The van der Waals surface area contributed by atoms with Crippen LogP contribution in [0, 0.1) is 0 Å². The SMILES string of the molecule is CC(C)c1ccc(NC(=O)C(=O)Nc2cc(Cl)ccc2O)cc1. The molecule has 2 aromatic rings. The van der Waals surface area contributed by atoms with Gasteiger partial charge in [-0.15, -0.1) is 0 Å². The molecule has 23 heavy (non-hydrogen) atoms. The van der Waals surface area contributed by atoms with E-state index in [-0.39, 0.29) is 11.4 Å². The van der Waals surface area contributed by atoms with E-state index < -0.39 is 11.8 Å². The lowest BCUT2D eigenvalue weighted by Crippen LogP contribution is -2.29. The standard InChI is InChI=1S/C17H17ClN2O3/c1-10(2)11-3-6-13(7-4-11)19-16(22)17(23)20-14-9-12(18)5-8-15(14)21/h3-10,21H,1-2H3,(H,19,22)(H,20,23). The van der Waals surface area contributed by atoms with Crippen molar-refractivity contribution in [3.63, 3.8) is 0 Å². The Morgan fingerprint density at radius 2 is 1.61 bits per heavy atom. The molecular weight excluding hydrogens is 316 g/mol. The van der Waals surface area contributed by atoms with Crippen molar-refractivity contribution in [2.24, 2.45) is 0 Å². The number of hydrogen-bond acceptors (Lipinski definition) is 3. The maximum absolute atomic E-state index is 11.9. The Morgan fingerprint density at radius 1 is 1.00 bits per heavy atom. The van der Waals surface area contributed by atoms with Crippen LogP contribution >= 0.6 is 11.6 Å². The maximum atomic E-state index is 11.9. The van der Waals surface area contributed by atoms with Crippen molar-refractivity contribution in [2.45, 2.75) is 19.8 Å². The van der Waals surface area contributed by atoms with Crippen molar-refractivity contribution in [2.75, 3.05) is 10.6 Å². The van der Waals surface area contributed by atoms with E-state index in [9.17, 15) is 14.7 Å². The molecule has 0 heterocycles. The van der Waals surface area contributed by atoms with Gasteiger partial charge >= 0.3 is 11.8 Å². The van der Waals surface area contributed by atoms with Gasteiger partial charge in [-0.3, -0.25) is 9.59 Å². The summed E-state index contributed by atoms with van der Waals surface area (Å²) in [5.74, 6) is -1.51. The fourth-order valence-electron chi connectivity index (χ4n) is 1.93. The van der Waals surface area contributed by atoms with Crippen molar-refractivity contribution >= 4 is 34.8 Å². The zero-order chi connectivity index (χ0) is 17.0. The molecule has 2 rings (SSSR count). The zero-order valence-electron chi connectivity index (χ0n) is 12.8. The van der Waals surface area contributed by atoms with Gasteiger partial charge in [0, 0.05) is 10.7 Å². The minimum Gasteiger partial charge on any atom is -0.506 e. The molecule has 5 nitrogen and oxygen atoms in total. The third-order valence-electron chi connectivity index (χ3n) is 3.25. The van der Waals surface area contributed by atoms with Crippen molar-refractivity contribution in [1.82, 2.24) is 0 Å². The molecule has 0 bridgehead atoms. The van der Waals surface area contributed by atoms with Crippen LogP contribution in [-0.2, 0) is 9.59 Å². The second kappa shape index (κ2) is 7.15. The number of halogens is 1. The smallest absolute Gasteiger partial charge is 0.314 e. The van der Waals surface area contributed by atoms with Crippen LogP contribution in [0.15, 0.2) is 42.5 Å². The van der Waals surface area contributed by atoms with Gasteiger partial charge in [0.05, 0.1) is 5.69 Å². The Bertz CT molecular complexity index is 727. The highest BCUT2D eigenvalue weighted by molar-refractivity contribution is 6.44. The summed E-state index contributed by atoms with van der Waals surface area (Å²) < 4.78 is 0. The lowest BCUT2D eigenvalue weighted by atomic mass is 10.0. The van der Waals surface area contributed by atoms with Crippen LogP contribution in [0.4, 0.5) is 11.4 Å². The molecule has 6 heteroatoms. The number of phenols is 1. The number of phenolic OH excluding ortho intramolecular Hbond substituents is 1. The lowest BCUT2D eigenvalue weighted by Gasteiger charge is -2.09. The number of carbonyl (C=O) groups excluding carboxylic acids is 2. The number of carbonyl (C=O) groups is 2. The second-order valence-electron chi connectivity index (χ2n) is 5.35. The first-order chi connectivity index (χ1) is 10.9. The summed E-state index contributed by atoms with van der Waals surface area (Å²) in [4.78, 5) is 23.8. The molecule has 0 aliphatic heterocycles. The summed E-state index contributed by atoms with van der Waals surface area (Å²) in [7, 11) is 0. The quantitative estimate of drug-likeness (QED) is 0.591. The molecule has 0 spiro atoms. The molecule has 2 aromatic carbocycles. The first kappa shape index (κ1) is 16.8. The van der Waals surface area contributed by atoms with Crippen molar-refractivity contribution in [1.29, 1.82) is 0 Å². The molecule has 0 radical (unpaired) electrons. The minimum absolute atomic E-state index is 0.0767. The average Bonchev–Trinajstić information content (AvgIpc) is 2.51. The van der Waals surface area contributed by atoms with Crippen LogP contribution in [0.1, 0.15) is 25.3 Å². The third-order valence-corrected chi connectivity index (χ3v) is 3.48. The molecule has 0 aromatic heterocycles. The van der Waals surface area contributed by atoms with Gasteiger partial charge in [-0.05, 0) is 41.8 Å². The van der Waals surface area contributed by atoms with E-state index in [2.05, 4.69) is 24.5 Å². The van der Waals surface area contributed by atoms with Crippen LogP contribution in [0.25, 0.3) is 0 Å². The molecule has 0 fully saturated rings. The molecule has 120 valence electrons. The molecule has 0 saturated carbocycles. The highest BCUT2D eigenvalue weighted by atomic mass is 35.5. The predicted octanol–water partition coefficient (Wildman–Crippen LogP) is 3.75. The zero-order valence-corrected chi connectivity index (χ0v) is 13.5. The summed E-state index contributed by atoms with van der Waals surface area (Å²) in [6, 6.07) is 11.4. The number of nitrogens with one attached hydrogen (secondary N) is 2. The molecule has 0 saturated heterocycles. The summed E-state index contributed by atoms with van der Waals surface area (Å²) in [5, 5.41) is 14.8. The summed E-state index contributed by atoms with van der Waals surface area (Å²) in [5.41, 5.74) is 1.73. The van der Waals surface area contributed by atoms with Gasteiger partial charge in [0.1, 0.15) is 5.75 Å². The topological polar surface area (TPSA) is 78.4 Å². The molecule has 3 N–H and O–H groups in total. The molecule has 0 unspecified atom stereocenters. The highest BCUT2D eigenvalue weighted by Gasteiger charge is 2.16. The molecule has 2 amide bonds. The summed E-state index contributed by atoms with van der Waals surface area (Å²) in [6.07, 6.45) is 0. The average molecular weight is 333 g/mol.